The zero-order chi connectivity index (χ0) is 53.6. The minimum absolute atomic E-state index is 0.170. The average molecular weight is 1050 g/mol. The van der Waals surface area contributed by atoms with Crippen molar-refractivity contribution >= 4 is 5.91 Å². The van der Waals surface area contributed by atoms with Gasteiger partial charge >= 0.3 is 0 Å². The molecule has 0 bridgehead atoms. The normalized spacial score (nSPS) is 19.0. The number of nitrogens with one attached hydrogen (secondary N) is 1. The lowest BCUT2D eigenvalue weighted by Gasteiger charge is -2.40. The molecule has 7 atom stereocenters. The zero-order valence-corrected chi connectivity index (χ0v) is 48.9. The van der Waals surface area contributed by atoms with Crippen LogP contribution in [0.3, 0.4) is 0 Å². The highest BCUT2D eigenvalue weighted by molar-refractivity contribution is 5.76. The first kappa shape index (κ1) is 70.7. The van der Waals surface area contributed by atoms with Gasteiger partial charge in [0.2, 0.25) is 5.91 Å². The molecule has 438 valence electrons. The molecule has 0 spiro atoms. The summed E-state index contributed by atoms with van der Waals surface area (Å²) in [6.45, 7) is 3.82. The zero-order valence-electron chi connectivity index (χ0n) is 48.9. The maximum absolute atomic E-state index is 13.1. The SMILES string of the molecule is CCCCCCCCCC/C=C\CCCCCCCCCCCCCCCCCCCCCCCC(=O)NC(COC1OC(CO)C(O)C(O)C1O)C(O)/C=C/CCCCCCCCCCCCCCCCCC. The van der Waals surface area contributed by atoms with Crippen molar-refractivity contribution in [3.8, 4) is 0 Å². The number of rotatable bonds is 57. The quantitative estimate of drug-likeness (QED) is 0.0261. The van der Waals surface area contributed by atoms with E-state index in [0.29, 0.717) is 6.42 Å². The Morgan fingerprint density at radius 1 is 0.446 bits per heavy atom. The highest BCUT2D eigenvalue weighted by atomic mass is 16.7. The molecule has 0 aromatic heterocycles. The first-order chi connectivity index (χ1) is 36.3. The molecule has 1 aliphatic rings. The summed E-state index contributed by atoms with van der Waals surface area (Å²) in [4.78, 5) is 13.1. The predicted molar refractivity (Wildman–Crippen MR) is 314 cm³/mol. The van der Waals surface area contributed by atoms with Crippen molar-refractivity contribution in [2.75, 3.05) is 13.2 Å². The summed E-state index contributed by atoms with van der Waals surface area (Å²) in [5, 5.41) is 54.6. The minimum atomic E-state index is -1.56. The molecule has 0 aromatic carbocycles. The predicted octanol–water partition coefficient (Wildman–Crippen LogP) is 16.9. The van der Waals surface area contributed by atoms with Crippen LogP contribution in [0, 0.1) is 0 Å². The van der Waals surface area contributed by atoms with Crippen LogP contribution in [0.25, 0.3) is 0 Å². The molecular formula is C65H125NO8. The van der Waals surface area contributed by atoms with Crippen molar-refractivity contribution in [1.29, 1.82) is 0 Å². The topological polar surface area (TPSA) is 149 Å². The lowest BCUT2D eigenvalue weighted by Crippen LogP contribution is -2.60. The van der Waals surface area contributed by atoms with Crippen LogP contribution in [0.2, 0.25) is 0 Å². The number of aliphatic hydroxyl groups is 5. The number of carbonyl (C=O) groups is 1. The Morgan fingerprint density at radius 3 is 1.09 bits per heavy atom. The van der Waals surface area contributed by atoms with Crippen LogP contribution >= 0.6 is 0 Å². The molecule has 6 N–H and O–H groups in total. The molecule has 0 radical (unpaired) electrons. The van der Waals surface area contributed by atoms with E-state index >= 15 is 0 Å². The van der Waals surface area contributed by atoms with Crippen LogP contribution in [-0.4, -0.2) is 87.5 Å². The van der Waals surface area contributed by atoms with E-state index in [1.807, 2.05) is 6.08 Å². The number of hydrogen-bond acceptors (Lipinski definition) is 8. The second-order valence-electron chi connectivity index (χ2n) is 22.9. The molecule has 0 saturated carbocycles. The average Bonchev–Trinajstić information content (AvgIpc) is 3.40. The van der Waals surface area contributed by atoms with E-state index in [4.69, 9.17) is 9.47 Å². The van der Waals surface area contributed by atoms with Gasteiger partial charge in [0.25, 0.3) is 0 Å². The molecule has 0 aliphatic carbocycles. The third-order valence-corrected chi connectivity index (χ3v) is 15.8. The second-order valence-corrected chi connectivity index (χ2v) is 22.9. The first-order valence-corrected chi connectivity index (χ1v) is 32.6. The lowest BCUT2D eigenvalue weighted by atomic mass is 9.99. The highest BCUT2D eigenvalue weighted by Crippen LogP contribution is 2.23. The van der Waals surface area contributed by atoms with Crippen molar-refractivity contribution in [2.24, 2.45) is 0 Å². The molecule has 0 aromatic rings. The molecule has 7 unspecified atom stereocenters. The van der Waals surface area contributed by atoms with Gasteiger partial charge in [-0.3, -0.25) is 4.79 Å². The van der Waals surface area contributed by atoms with Gasteiger partial charge in [0, 0.05) is 6.42 Å². The van der Waals surface area contributed by atoms with Crippen molar-refractivity contribution in [1.82, 2.24) is 5.32 Å². The van der Waals surface area contributed by atoms with E-state index in [9.17, 15) is 30.3 Å². The Balaban J connectivity index is 2.11. The molecule has 1 amide bonds. The summed E-state index contributed by atoms with van der Waals surface area (Å²) in [6, 6.07) is -0.802. The Bertz CT molecular complexity index is 1210. The summed E-state index contributed by atoms with van der Waals surface area (Å²) in [5.41, 5.74) is 0. The van der Waals surface area contributed by atoms with Crippen LogP contribution < -0.4 is 5.32 Å². The number of carbonyl (C=O) groups excluding carboxylic acids is 1. The molecule has 74 heavy (non-hydrogen) atoms. The van der Waals surface area contributed by atoms with Crippen LogP contribution in [0.4, 0.5) is 0 Å². The Labute approximate surface area is 458 Å². The van der Waals surface area contributed by atoms with E-state index in [0.717, 1.165) is 38.5 Å². The third kappa shape index (κ3) is 43.6. The van der Waals surface area contributed by atoms with Gasteiger partial charge in [0.05, 0.1) is 25.4 Å². The van der Waals surface area contributed by atoms with E-state index in [-0.39, 0.29) is 12.5 Å². The number of ether oxygens (including phenoxy) is 2. The van der Waals surface area contributed by atoms with Gasteiger partial charge < -0.3 is 40.3 Å². The van der Waals surface area contributed by atoms with Crippen molar-refractivity contribution in [2.45, 2.75) is 371 Å². The number of hydrogen-bond donors (Lipinski definition) is 6. The molecule has 1 rings (SSSR count). The monoisotopic (exact) mass is 1050 g/mol. The minimum Gasteiger partial charge on any atom is -0.394 e. The number of allylic oxidation sites excluding steroid dienone is 3. The summed E-state index contributed by atoms with van der Waals surface area (Å²) < 4.78 is 11.3. The van der Waals surface area contributed by atoms with Crippen molar-refractivity contribution < 1.29 is 39.8 Å². The second kappa shape index (κ2) is 55.0. The number of aliphatic hydroxyl groups excluding tert-OH is 5. The lowest BCUT2D eigenvalue weighted by molar-refractivity contribution is -0.302. The van der Waals surface area contributed by atoms with Gasteiger partial charge in [-0.1, -0.05) is 301 Å². The van der Waals surface area contributed by atoms with Gasteiger partial charge in [-0.05, 0) is 44.9 Å². The number of unbranched alkanes of at least 4 members (excludes halogenated alkanes) is 45. The van der Waals surface area contributed by atoms with E-state index in [1.165, 1.54) is 270 Å². The molecule has 9 nitrogen and oxygen atoms in total. The van der Waals surface area contributed by atoms with E-state index < -0.39 is 49.5 Å². The molecule has 1 aliphatic heterocycles. The van der Waals surface area contributed by atoms with Crippen LogP contribution in [0.1, 0.15) is 328 Å². The van der Waals surface area contributed by atoms with E-state index in [2.05, 4.69) is 31.3 Å². The van der Waals surface area contributed by atoms with Crippen LogP contribution in [0.15, 0.2) is 24.3 Å². The van der Waals surface area contributed by atoms with Gasteiger partial charge in [-0.2, -0.15) is 0 Å². The van der Waals surface area contributed by atoms with Crippen molar-refractivity contribution in [3.05, 3.63) is 24.3 Å². The van der Waals surface area contributed by atoms with E-state index in [1.54, 1.807) is 6.08 Å². The van der Waals surface area contributed by atoms with Crippen LogP contribution in [0.5, 0.6) is 0 Å². The van der Waals surface area contributed by atoms with Gasteiger partial charge in [-0.15, -0.1) is 0 Å². The molecule has 1 fully saturated rings. The summed E-state index contributed by atoms with van der Waals surface area (Å²) >= 11 is 0. The largest absolute Gasteiger partial charge is 0.394 e. The number of amides is 1. The molecule has 1 saturated heterocycles. The molecular weight excluding hydrogens is 923 g/mol. The standard InChI is InChI=1S/C65H125NO8/c1-3-5-7-9-11-13-15-17-19-21-23-24-25-26-27-28-29-30-31-32-33-34-35-36-37-39-41-43-45-47-49-51-53-55-61(69)66-58(57-73-65-64(72)63(71)62(70)60(56-67)74-65)59(68)54-52-50-48-46-44-42-40-38-22-20-18-16-14-12-10-8-6-4-2/h21,23,52,54,58-60,62-65,67-68,70-72H,3-20,22,24-51,53,55-57H2,1-2H3,(H,66,69)/b23-21-,54-52+. The smallest absolute Gasteiger partial charge is 0.220 e. The third-order valence-electron chi connectivity index (χ3n) is 15.8. The van der Waals surface area contributed by atoms with Gasteiger partial charge in [0.1, 0.15) is 24.4 Å². The fraction of sp³-hybridized carbons (Fsp3) is 0.923. The molecule has 9 heteroatoms. The van der Waals surface area contributed by atoms with Crippen LogP contribution in [-0.2, 0) is 14.3 Å². The van der Waals surface area contributed by atoms with Gasteiger partial charge in [0.15, 0.2) is 6.29 Å². The highest BCUT2D eigenvalue weighted by Gasteiger charge is 2.44. The first-order valence-electron chi connectivity index (χ1n) is 32.6. The maximum Gasteiger partial charge on any atom is 0.220 e. The fourth-order valence-corrected chi connectivity index (χ4v) is 10.6. The Kier molecular flexibility index (Phi) is 52.5. The Hall–Kier alpha value is -1.33. The van der Waals surface area contributed by atoms with Crippen molar-refractivity contribution in [3.63, 3.8) is 0 Å². The fourth-order valence-electron chi connectivity index (χ4n) is 10.6. The summed E-state index contributed by atoms with van der Waals surface area (Å²) in [5.74, 6) is -0.170. The summed E-state index contributed by atoms with van der Waals surface area (Å²) in [7, 11) is 0. The van der Waals surface area contributed by atoms with Gasteiger partial charge in [-0.25, -0.2) is 0 Å². The molecule has 1 heterocycles. The summed E-state index contributed by atoms with van der Waals surface area (Å²) in [6.07, 6.45) is 64.2. The Morgan fingerprint density at radius 2 is 0.757 bits per heavy atom. The maximum atomic E-state index is 13.1.